The van der Waals surface area contributed by atoms with Crippen LogP contribution in [0.1, 0.15) is 22.2 Å². The molecule has 0 radical (unpaired) electrons. The molecule has 0 amide bonds. The summed E-state index contributed by atoms with van der Waals surface area (Å²) in [5.41, 5.74) is 2.51. The van der Waals surface area contributed by atoms with E-state index in [-0.39, 0.29) is 0 Å². The molecule has 2 aromatic rings. The monoisotopic (exact) mass is 301 g/mol. The third-order valence-corrected chi connectivity index (χ3v) is 4.29. The number of carboxylic acid groups (broad SMARTS) is 1. The van der Waals surface area contributed by atoms with Gasteiger partial charge in [0.05, 0.1) is 6.54 Å². The van der Waals surface area contributed by atoms with Crippen LogP contribution in [0.4, 0.5) is 5.69 Å². The number of rotatable bonds is 6. The van der Waals surface area contributed by atoms with Crippen molar-refractivity contribution in [2.75, 3.05) is 11.4 Å². The highest BCUT2D eigenvalue weighted by molar-refractivity contribution is 7.12. The lowest BCUT2D eigenvalue weighted by molar-refractivity contribution is -0.131. The van der Waals surface area contributed by atoms with E-state index in [1.165, 1.54) is 22.2 Å². The second-order valence-electron chi connectivity index (χ2n) is 4.78. The fraction of sp³-hybridized carbons (Fsp3) is 0.235. The zero-order valence-electron chi connectivity index (χ0n) is 12.2. The molecule has 1 N–H and O–H groups in total. The Morgan fingerprint density at radius 1 is 1.29 bits per heavy atom. The van der Waals surface area contributed by atoms with Gasteiger partial charge < -0.3 is 10.0 Å². The van der Waals surface area contributed by atoms with Crippen molar-refractivity contribution < 1.29 is 9.90 Å². The molecule has 2 rings (SSSR count). The van der Waals surface area contributed by atoms with Gasteiger partial charge in [-0.3, -0.25) is 0 Å². The van der Waals surface area contributed by atoms with Crippen molar-refractivity contribution in [1.82, 2.24) is 0 Å². The third kappa shape index (κ3) is 4.20. The van der Waals surface area contributed by atoms with Gasteiger partial charge in [-0.05, 0) is 43.7 Å². The molecule has 0 spiro atoms. The number of anilines is 1. The summed E-state index contributed by atoms with van der Waals surface area (Å²) in [4.78, 5) is 15.1. The normalized spacial score (nSPS) is 11.0. The summed E-state index contributed by atoms with van der Waals surface area (Å²) < 4.78 is 0. The predicted octanol–water partition coefficient (Wildman–Crippen LogP) is 4.18. The molecular formula is C17H19NO2S. The number of benzene rings is 1. The summed E-state index contributed by atoms with van der Waals surface area (Å²) in [6.07, 6.45) is 2.81. The van der Waals surface area contributed by atoms with E-state index in [9.17, 15) is 4.79 Å². The first kappa shape index (κ1) is 15.3. The van der Waals surface area contributed by atoms with Gasteiger partial charge in [0, 0.05) is 28.1 Å². The highest BCUT2D eigenvalue weighted by Gasteiger charge is 2.09. The molecule has 0 aliphatic carbocycles. The summed E-state index contributed by atoms with van der Waals surface area (Å²) in [6.45, 7) is 6.04. The molecular weight excluding hydrogens is 282 g/mol. The number of hydrogen-bond donors (Lipinski definition) is 1. The van der Waals surface area contributed by atoms with Gasteiger partial charge in [-0.1, -0.05) is 18.2 Å². The number of hydrogen-bond acceptors (Lipinski definition) is 3. The molecule has 0 saturated heterocycles. The molecule has 1 heterocycles. The van der Waals surface area contributed by atoms with Gasteiger partial charge >= 0.3 is 5.97 Å². The number of carboxylic acids is 1. The van der Waals surface area contributed by atoms with Crippen molar-refractivity contribution >= 4 is 29.1 Å². The Labute approximate surface area is 129 Å². The number of carbonyl (C=O) groups is 1. The van der Waals surface area contributed by atoms with Gasteiger partial charge in [-0.2, -0.15) is 0 Å². The van der Waals surface area contributed by atoms with Gasteiger partial charge in [0.2, 0.25) is 0 Å². The Kier molecular flexibility index (Phi) is 5.17. The largest absolute Gasteiger partial charge is 0.478 e. The Morgan fingerprint density at radius 2 is 2.05 bits per heavy atom. The van der Waals surface area contributed by atoms with E-state index in [0.717, 1.165) is 18.0 Å². The lowest BCUT2D eigenvalue weighted by Crippen LogP contribution is -2.22. The smallest absolute Gasteiger partial charge is 0.328 e. The van der Waals surface area contributed by atoms with Gasteiger partial charge in [-0.15, -0.1) is 11.3 Å². The van der Waals surface area contributed by atoms with Gasteiger partial charge in [0.15, 0.2) is 0 Å². The quantitative estimate of drug-likeness (QED) is 0.814. The fourth-order valence-electron chi connectivity index (χ4n) is 2.20. The Hall–Kier alpha value is -2.07. The van der Waals surface area contributed by atoms with Crippen LogP contribution >= 0.6 is 11.3 Å². The summed E-state index contributed by atoms with van der Waals surface area (Å²) in [5, 5.41) is 8.65. The van der Waals surface area contributed by atoms with Crippen molar-refractivity contribution in [1.29, 1.82) is 0 Å². The van der Waals surface area contributed by atoms with Crippen LogP contribution in [-0.4, -0.2) is 17.6 Å². The van der Waals surface area contributed by atoms with E-state index in [1.54, 1.807) is 17.4 Å². The zero-order chi connectivity index (χ0) is 15.2. The van der Waals surface area contributed by atoms with Crippen molar-refractivity contribution in [3.8, 4) is 0 Å². The van der Waals surface area contributed by atoms with E-state index in [0.29, 0.717) is 0 Å². The molecule has 1 aromatic carbocycles. The topological polar surface area (TPSA) is 40.5 Å². The summed E-state index contributed by atoms with van der Waals surface area (Å²) in [7, 11) is 0. The van der Waals surface area contributed by atoms with Crippen molar-refractivity contribution in [3.05, 3.63) is 57.8 Å². The molecule has 0 bridgehead atoms. The maximum atomic E-state index is 10.5. The fourth-order valence-corrected chi connectivity index (χ4v) is 3.13. The number of aryl methyl sites for hydroxylation is 1. The SMILES string of the molecule is CCN(Cc1ccc(C=CC(=O)O)s1)c1ccccc1C. The number of thiophene rings is 1. The van der Waals surface area contributed by atoms with Gasteiger partial charge in [0.1, 0.15) is 0 Å². The van der Waals surface area contributed by atoms with E-state index in [1.807, 2.05) is 12.1 Å². The minimum absolute atomic E-state index is 0.840. The summed E-state index contributed by atoms with van der Waals surface area (Å²) >= 11 is 1.63. The summed E-state index contributed by atoms with van der Waals surface area (Å²) in [5.74, 6) is -0.917. The Morgan fingerprint density at radius 3 is 2.71 bits per heavy atom. The Balaban J connectivity index is 2.13. The molecule has 0 fully saturated rings. The third-order valence-electron chi connectivity index (χ3n) is 3.26. The van der Waals surface area contributed by atoms with Crippen LogP contribution in [0.3, 0.4) is 0 Å². The van der Waals surface area contributed by atoms with Crippen molar-refractivity contribution in [3.63, 3.8) is 0 Å². The molecule has 0 saturated carbocycles. The standard InChI is InChI=1S/C17H19NO2S/c1-3-18(16-7-5-4-6-13(16)2)12-15-9-8-14(21-15)10-11-17(19)20/h4-11H,3,12H2,1-2H3,(H,19,20). The second kappa shape index (κ2) is 7.09. The molecule has 0 unspecified atom stereocenters. The second-order valence-corrected chi connectivity index (χ2v) is 5.98. The van der Waals surface area contributed by atoms with Crippen LogP contribution < -0.4 is 4.90 Å². The molecule has 0 atom stereocenters. The zero-order valence-corrected chi connectivity index (χ0v) is 13.1. The minimum Gasteiger partial charge on any atom is -0.478 e. The van der Waals surface area contributed by atoms with Gasteiger partial charge in [-0.25, -0.2) is 4.79 Å². The average Bonchev–Trinajstić information content (AvgIpc) is 2.91. The van der Waals surface area contributed by atoms with Crippen molar-refractivity contribution in [2.45, 2.75) is 20.4 Å². The molecule has 0 aliphatic heterocycles. The van der Waals surface area contributed by atoms with E-state index in [4.69, 9.17) is 5.11 Å². The van der Waals surface area contributed by atoms with Crippen LogP contribution in [0, 0.1) is 6.92 Å². The summed E-state index contributed by atoms with van der Waals surface area (Å²) in [6, 6.07) is 12.4. The number of para-hydroxylation sites is 1. The van der Waals surface area contributed by atoms with Crippen LogP contribution in [0.2, 0.25) is 0 Å². The van der Waals surface area contributed by atoms with Crippen LogP contribution in [0.25, 0.3) is 6.08 Å². The Bertz CT molecular complexity index is 646. The number of nitrogens with zero attached hydrogens (tertiary/aromatic N) is 1. The first-order valence-electron chi connectivity index (χ1n) is 6.90. The average molecular weight is 301 g/mol. The van der Waals surface area contributed by atoms with E-state index >= 15 is 0 Å². The van der Waals surface area contributed by atoms with Crippen LogP contribution in [0.5, 0.6) is 0 Å². The van der Waals surface area contributed by atoms with E-state index in [2.05, 4.69) is 43.0 Å². The van der Waals surface area contributed by atoms with Crippen LogP contribution in [0.15, 0.2) is 42.5 Å². The highest BCUT2D eigenvalue weighted by atomic mass is 32.1. The van der Waals surface area contributed by atoms with Crippen LogP contribution in [-0.2, 0) is 11.3 Å². The van der Waals surface area contributed by atoms with Crippen molar-refractivity contribution in [2.24, 2.45) is 0 Å². The molecule has 4 heteroatoms. The minimum atomic E-state index is -0.917. The molecule has 3 nitrogen and oxygen atoms in total. The lowest BCUT2D eigenvalue weighted by atomic mass is 10.2. The van der Waals surface area contributed by atoms with Gasteiger partial charge in [0.25, 0.3) is 0 Å². The maximum Gasteiger partial charge on any atom is 0.328 e. The van der Waals surface area contributed by atoms with E-state index < -0.39 is 5.97 Å². The maximum absolute atomic E-state index is 10.5. The lowest BCUT2D eigenvalue weighted by Gasteiger charge is -2.24. The highest BCUT2D eigenvalue weighted by Crippen LogP contribution is 2.25. The first-order valence-corrected chi connectivity index (χ1v) is 7.72. The molecule has 110 valence electrons. The molecule has 0 aliphatic rings. The molecule has 1 aromatic heterocycles. The number of aliphatic carboxylic acids is 1. The predicted molar refractivity (Wildman–Crippen MR) is 88.9 cm³/mol. The first-order chi connectivity index (χ1) is 10.1. The molecule has 21 heavy (non-hydrogen) atoms.